The number of amides is 2. The number of carbonyl (C=O) groups is 2. The summed E-state index contributed by atoms with van der Waals surface area (Å²) in [6, 6.07) is 13.4. The maximum atomic E-state index is 12.7. The number of hydrogen-bond donors (Lipinski definition) is 2. The largest absolute Gasteiger partial charge is 0.335 e. The van der Waals surface area contributed by atoms with E-state index < -0.39 is 0 Å². The lowest BCUT2D eigenvalue weighted by atomic mass is 9.90. The van der Waals surface area contributed by atoms with Crippen LogP contribution in [0.1, 0.15) is 30.5 Å². The molecule has 1 unspecified atom stereocenters. The second-order valence-corrected chi connectivity index (χ2v) is 6.60. The van der Waals surface area contributed by atoms with E-state index in [2.05, 4.69) is 21.6 Å². The minimum atomic E-state index is -0.227. The van der Waals surface area contributed by atoms with E-state index in [1.165, 1.54) is 5.56 Å². The first kappa shape index (κ1) is 16.3. The molecule has 2 amide bonds. The van der Waals surface area contributed by atoms with Crippen LogP contribution >= 0.6 is 0 Å². The van der Waals surface area contributed by atoms with Crippen molar-refractivity contribution in [1.29, 1.82) is 0 Å². The van der Waals surface area contributed by atoms with Crippen LogP contribution in [-0.2, 0) is 16.0 Å². The van der Waals surface area contributed by atoms with Crippen molar-refractivity contribution in [3.63, 3.8) is 0 Å². The number of benzene rings is 2. The van der Waals surface area contributed by atoms with Gasteiger partial charge in [0, 0.05) is 24.5 Å². The van der Waals surface area contributed by atoms with Crippen molar-refractivity contribution in [2.45, 2.75) is 25.8 Å². The summed E-state index contributed by atoms with van der Waals surface area (Å²) in [5, 5.41) is 10.8. The van der Waals surface area contributed by atoms with Crippen molar-refractivity contribution < 1.29 is 9.59 Å². The fraction of sp³-hybridized carbons (Fsp3) is 0.250. The Labute approximate surface area is 151 Å². The molecule has 1 aliphatic rings. The third kappa shape index (κ3) is 3.06. The van der Waals surface area contributed by atoms with Gasteiger partial charge in [-0.05, 0) is 35.7 Å². The van der Waals surface area contributed by atoms with E-state index in [9.17, 15) is 9.59 Å². The van der Waals surface area contributed by atoms with E-state index in [-0.39, 0.29) is 24.3 Å². The fourth-order valence-electron chi connectivity index (χ4n) is 3.66. The van der Waals surface area contributed by atoms with Gasteiger partial charge >= 0.3 is 0 Å². The van der Waals surface area contributed by atoms with Crippen molar-refractivity contribution in [1.82, 2.24) is 15.1 Å². The van der Waals surface area contributed by atoms with Gasteiger partial charge in [0.25, 0.3) is 0 Å². The van der Waals surface area contributed by atoms with Crippen molar-refractivity contribution in [3.05, 3.63) is 59.8 Å². The van der Waals surface area contributed by atoms with Crippen molar-refractivity contribution in [3.8, 4) is 0 Å². The molecule has 3 aromatic rings. The summed E-state index contributed by atoms with van der Waals surface area (Å²) in [5.74, 6) is -0.113. The van der Waals surface area contributed by atoms with Gasteiger partial charge in [0.1, 0.15) is 0 Å². The molecule has 0 bridgehead atoms. The molecule has 6 heteroatoms. The van der Waals surface area contributed by atoms with Crippen LogP contribution < -0.4 is 5.32 Å². The summed E-state index contributed by atoms with van der Waals surface area (Å²) in [6.07, 6.45) is 2.78. The molecule has 1 aliphatic heterocycles. The molecule has 0 saturated heterocycles. The Hall–Kier alpha value is -3.15. The predicted molar refractivity (Wildman–Crippen MR) is 99.6 cm³/mol. The van der Waals surface area contributed by atoms with Gasteiger partial charge in [-0.3, -0.25) is 14.7 Å². The topological polar surface area (TPSA) is 78.1 Å². The number of hydrogen-bond acceptors (Lipinski definition) is 3. The Bertz CT molecular complexity index is 979. The maximum Gasteiger partial charge on any atom is 0.226 e. The van der Waals surface area contributed by atoms with Gasteiger partial charge in [0.2, 0.25) is 11.8 Å². The average molecular weight is 348 g/mol. The van der Waals surface area contributed by atoms with Crippen LogP contribution in [0.2, 0.25) is 0 Å². The van der Waals surface area contributed by atoms with Crippen LogP contribution in [-0.4, -0.2) is 33.5 Å². The van der Waals surface area contributed by atoms with Crippen molar-refractivity contribution in [2.24, 2.45) is 0 Å². The number of H-pyrrole nitrogens is 1. The molecule has 26 heavy (non-hydrogen) atoms. The Morgan fingerprint density at radius 3 is 2.96 bits per heavy atom. The van der Waals surface area contributed by atoms with Crippen LogP contribution in [0.25, 0.3) is 10.9 Å². The highest BCUT2D eigenvalue weighted by atomic mass is 16.2. The molecule has 0 fully saturated rings. The molecule has 1 atom stereocenters. The van der Waals surface area contributed by atoms with Crippen LogP contribution in [0.5, 0.6) is 0 Å². The van der Waals surface area contributed by atoms with Gasteiger partial charge in [0.05, 0.1) is 24.2 Å². The normalized spacial score (nSPS) is 16.3. The Morgan fingerprint density at radius 1 is 1.27 bits per heavy atom. The van der Waals surface area contributed by atoms with Gasteiger partial charge in [-0.2, -0.15) is 5.10 Å². The van der Waals surface area contributed by atoms with Crippen LogP contribution in [0.15, 0.2) is 48.7 Å². The van der Waals surface area contributed by atoms with Crippen LogP contribution in [0.3, 0.4) is 0 Å². The second-order valence-electron chi connectivity index (χ2n) is 6.60. The first-order chi connectivity index (χ1) is 12.6. The summed E-state index contributed by atoms with van der Waals surface area (Å²) in [7, 11) is 0. The third-order valence-electron chi connectivity index (χ3n) is 4.92. The van der Waals surface area contributed by atoms with Gasteiger partial charge in [-0.25, -0.2) is 0 Å². The van der Waals surface area contributed by atoms with E-state index >= 15 is 0 Å². The van der Waals surface area contributed by atoms with E-state index in [1.807, 2.05) is 36.4 Å². The Balaban J connectivity index is 1.55. The standard InChI is InChI=1S/C20H20N4O2/c1-13(25)24-9-8-14-4-2-3-5-17(14)19(24)11-20(26)22-16-6-7-18-15(10-16)12-21-23-18/h2-7,10,12,19H,8-9,11H2,1H3,(H,21,23)(H,22,26). The number of aromatic nitrogens is 2. The highest BCUT2D eigenvalue weighted by molar-refractivity contribution is 5.94. The Kier molecular flexibility index (Phi) is 4.16. The number of nitrogens with zero attached hydrogens (tertiary/aromatic N) is 2. The first-order valence-corrected chi connectivity index (χ1v) is 8.70. The zero-order valence-electron chi connectivity index (χ0n) is 14.5. The molecule has 132 valence electrons. The molecule has 6 nitrogen and oxygen atoms in total. The van der Waals surface area contributed by atoms with Gasteiger partial charge in [-0.15, -0.1) is 0 Å². The molecule has 2 heterocycles. The molecule has 0 spiro atoms. The van der Waals surface area contributed by atoms with Crippen molar-refractivity contribution >= 4 is 28.4 Å². The summed E-state index contributed by atoms with van der Waals surface area (Å²) in [4.78, 5) is 26.5. The summed E-state index contributed by atoms with van der Waals surface area (Å²) < 4.78 is 0. The molecule has 0 aliphatic carbocycles. The lowest BCUT2D eigenvalue weighted by molar-refractivity contribution is -0.132. The van der Waals surface area contributed by atoms with E-state index in [0.29, 0.717) is 6.54 Å². The highest BCUT2D eigenvalue weighted by Crippen LogP contribution is 2.32. The number of nitrogens with one attached hydrogen (secondary N) is 2. The quantitative estimate of drug-likeness (QED) is 0.764. The Morgan fingerprint density at radius 2 is 2.12 bits per heavy atom. The number of fused-ring (bicyclic) bond motifs is 2. The van der Waals surface area contributed by atoms with Crippen molar-refractivity contribution in [2.75, 3.05) is 11.9 Å². The molecule has 1 aromatic heterocycles. The zero-order chi connectivity index (χ0) is 18.1. The first-order valence-electron chi connectivity index (χ1n) is 8.70. The number of anilines is 1. The minimum Gasteiger partial charge on any atom is -0.335 e. The second kappa shape index (κ2) is 6.63. The number of aromatic amines is 1. The summed E-state index contributed by atoms with van der Waals surface area (Å²) >= 11 is 0. The average Bonchev–Trinajstić information content (AvgIpc) is 3.09. The minimum absolute atomic E-state index is 0.00267. The van der Waals surface area contributed by atoms with Crippen LogP contribution in [0, 0.1) is 0 Å². The molecular weight excluding hydrogens is 328 g/mol. The highest BCUT2D eigenvalue weighted by Gasteiger charge is 2.30. The molecular formula is C20H20N4O2. The summed E-state index contributed by atoms with van der Waals surface area (Å²) in [6.45, 7) is 2.21. The lowest BCUT2D eigenvalue weighted by Crippen LogP contribution is -2.40. The SMILES string of the molecule is CC(=O)N1CCc2ccccc2C1CC(=O)Nc1ccc2[nH]ncc2c1. The van der Waals surface area contributed by atoms with E-state index in [4.69, 9.17) is 0 Å². The smallest absolute Gasteiger partial charge is 0.226 e. The summed E-state index contributed by atoms with van der Waals surface area (Å²) in [5.41, 5.74) is 3.92. The lowest BCUT2D eigenvalue weighted by Gasteiger charge is -2.36. The van der Waals surface area contributed by atoms with Gasteiger partial charge in [0.15, 0.2) is 0 Å². The monoisotopic (exact) mass is 348 g/mol. The third-order valence-corrected chi connectivity index (χ3v) is 4.92. The van der Waals surface area contributed by atoms with E-state index in [0.717, 1.165) is 28.6 Å². The molecule has 2 aromatic carbocycles. The van der Waals surface area contributed by atoms with E-state index in [1.54, 1.807) is 18.0 Å². The van der Waals surface area contributed by atoms with Gasteiger partial charge < -0.3 is 10.2 Å². The number of carbonyl (C=O) groups excluding carboxylic acids is 2. The van der Waals surface area contributed by atoms with Gasteiger partial charge in [-0.1, -0.05) is 24.3 Å². The molecule has 0 radical (unpaired) electrons. The predicted octanol–water partition coefficient (Wildman–Crippen LogP) is 3.04. The fourth-order valence-corrected chi connectivity index (χ4v) is 3.66. The molecule has 4 rings (SSSR count). The van der Waals surface area contributed by atoms with Crippen LogP contribution in [0.4, 0.5) is 5.69 Å². The maximum absolute atomic E-state index is 12.7. The zero-order valence-corrected chi connectivity index (χ0v) is 14.5. The molecule has 2 N–H and O–H groups in total. The number of rotatable bonds is 3. The molecule has 0 saturated carbocycles.